The molecule has 1 heterocycles. The Labute approximate surface area is 131 Å². The second-order valence-corrected chi connectivity index (χ2v) is 6.20. The lowest BCUT2D eigenvalue weighted by Gasteiger charge is -2.11. The van der Waals surface area contributed by atoms with Crippen LogP contribution < -0.4 is 10.3 Å². The van der Waals surface area contributed by atoms with Crippen molar-refractivity contribution in [3.63, 3.8) is 0 Å². The third-order valence-electron chi connectivity index (χ3n) is 3.96. The molecule has 0 atom stereocenters. The SMILES string of the molecule is COc1ccc(Br)c(-c2nc(C3CCCC3)cc(=O)[nH]2)c1. The van der Waals surface area contributed by atoms with E-state index in [-0.39, 0.29) is 5.56 Å². The van der Waals surface area contributed by atoms with Crippen molar-refractivity contribution in [2.75, 3.05) is 7.11 Å². The number of nitrogens with one attached hydrogen (secondary N) is 1. The lowest BCUT2D eigenvalue weighted by Crippen LogP contribution is -2.12. The molecule has 110 valence electrons. The van der Waals surface area contributed by atoms with E-state index in [1.165, 1.54) is 12.8 Å². The van der Waals surface area contributed by atoms with Gasteiger partial charge in [-0.2, -0.15) is 0 Å². The van der Waals surface area contributed by atoms with E-state index in [2.05, 4.69) is 25.9 Å². The van der Waals surface area contributed by atoms with Gasteiger partial charge in [0, 0.05) is 22.0 Å². The number of rotatable bonds is 3. The molecule has 1 aromatic heterocycles. The highest BCUT2D eigenvalue weighted by molar-refractivity contribution is 9.10. The van der Waals surface area contributed by atoms with Crippen molar-refractivity contribution in [1.29, 1.82) is 0 Å². The molecule has 1 aromatic carbocycles. The number of ether oxygens (including phenoxy) is 1. The molecule has 4 nitrogen and oxygen atoms in total. The summed E-state index contributed by atoms with van der Waals surface area (Å²) in [7, 11) is 1.62. The topological polar surface area (TPSA) is 55.0 Å². The van der Waals surface area contributed by atoms with Crippen LogP contribution in [0.25, 0.3) is 11.4 Å². The Bertz CT molecular complexity index is 706. The van der Waals surface area contributed by atoms with E-state index >= 15 is 0 Å². The van der Waals surface area contributed by atoms with Crippen molar-refractivity contribution >= 4 is 15.9 Å². The van der Waals surface area contributed by atoms with Crippen molar-refractivity contribution in [1.82, 2.24) is 9.97 Å². The van der Waals surface area contributed by atoms with Gasteiger partial charge in [0.05, 0.1) is 12.8 Å². The van der Waals surface area contributed by atoms with Crippen molar-refractivity contribution in [2.45, 2.75) is 31.6 Å². The van der Waals surface area contributed by atoms with Gasteiger partial charge >= 0.3 is 0 Å². The van der Waals surface area contributed by atoms with Gasteiger partial charge in [-0.25, -0.2) is 4.98 Å². The molecule has 0 spiro atoms. The van der Waals surface area contributed by atoms with Gasteiger partial charge < -0.3 is 9.72 Å². The average Bonchev–Trinajstić information content (AvgIpc) is 3.01. The molecule has 2 aromatic rings. The van der Waals surface area contributed by atoms with Gasteiger partial charge in [-0.15, -0.1) is 0 Å². The predicted molar refractivity (Wildman–Crippen MR) is 85.8 cm³/mol. The van der Waals surface area contributed by atoms with Crippen LogP contribution in [-0.4, -0.2) is 17.1 Å². The van der Waals surface area contributed by atoms with E-state index < -0.39 is 0 Å². The van der Waals surface area contributed by atoms with Gasteiger partial charge in [0.2, 0.25) is 0 Å². The Balaban J connectivity index is 2.07. The number of halogens is 1. The van der Waals surface area contributed by atoms with Crippen molar-refractivity contribution in [2.24, 2.45) is 0 Å². The summed E-state index contributed by atoms with van der Waals surface area (Å²) >= 11 is 3.51. The summed E-state index contributed by atoms with van der Waals surface area (Å²) in [6, 6.07) is 7.28. The van der Waals surface area contributed by atoms with Gasteiger partial charge in [-0.05, 0) is 31.0 Å². The van der Waals surface area contributed by atoms with Crippen LogP contribution in [0.5, 0.6) is 5.75 Å². The van der Waals surface area contributed by atoms with E-state index in [4.69, 9.17) is 4.74 Å². The maximum Gasteiger partial charge on any atom is 0.251 e. The van der Waals surface area contributed by atoms with Gasteiger partial charge in [0.25, 0.3) is 5.56 Å². The minimum absolute atomic E-state index is 0.100. The Hall–Kier alpha value is -1.62. The standard InChI is InChI=1S/C16H17BrN2O2/c1-21-11-6-7-13(17)12(8-11)16-18-14(9-15(20)19-16)10-4-2-3-5-10/h6-10H,2-5H2,1H3,(H,18,19,20). The first-order chi connectivity index (χ1) is 10.2. The fourth-order valence-corrected chi connectivity index (χ4v) is 3.28. The number of hydrogen-bond acceptors (Lipinski definition) is 3. The Morgan fingerprint density at radius 2 is 2.05 bits per heavy atom. The zero-order valence-corrected chi connectivity index (χ0v) is 13.4. The first-order valence-electron chi connectivity index (χ1n) is 7.12. The molecular weight excluding hydrogens is 332 g/mol. The largest absolute Gasteiger partial charge is 0.497 e. The zero-order valence-electron chi connectivity index (χ0n) is 11.9. The molecule has 1 aliphatic carbocycles. The van der Waals surface area contributed by atoms with Crippen LogP contribution in [-0.2, 0) is 0 Å². The molecule has 1 N–H and O–H groups in total. The first kappa shape index (κ1) is 14.3. The maximum atomic E-state index is 12.0. The van der Waals surface area contributed by atoms with Crippen LogP contribution in [0.4, 0.5) is 0 Å². The summed E-state index contributed by atoms with van der Waals surface area (Å²) in [5.41, 5.74) is 1.64. The van der Waals surface area contributed by atoms with Crippen LogP contribution in [0.15, 0.2) is 33.5 Å². The highest BCUT2D eigenvalue weighted by Crippen LogP contribution is 2.34. The van der Waals surface area contributed by atoms with Gasteiger partial charge in [-0.1, -0.05) is 28.8 Å². The maximum absolute atomic E-state index is 12.0. The summed E-state index contributed by atoms with van der Waals surface area (Å²) in [5.74, 6) is 1.74. The number of hydrogen-bond donors (Lipinski definition) is 1. The molecule has 1 aliphatic rings. The summed E-state index contributed by atoms with van der Waals surface area (Å²) < 4.78 is 6.14. The summed E-state index contributed by atoms with van der Waals surface area (Å²) in [4.78, 5) is 19.5. The molecule has 0 radical (unpaired) electrons. The van der Waals surface area contributed by atoms with Crippen LogP contribution >= 0.6 is 15.9 Å². The van der Waals surface area contributed by atoms with Gasteiger partial charge in [0.15, 0.2) is 0 Å². The lowest BCUT2D eigenvalue weighted by atomic mass is 10.0. The van der Waals surface area contributed by atoms with Crippen molar-refractivity contribution in [3.8, 4) is 17.1 Å². The number of aromatic amines is 1. The van der Waals surface area contributed by atoms with Crippen molar-refractivity contribution < 1.29 is 4.74 Å². The number of aromatic nitrogens is 2. The molecule has 0 saturated heterocycles. The number of H-pyrrole nitrogens is 1. The highest BCUT2D eigenvalue weighted by Gasteiger charge is 2.20. The second kappa shape index (κ2) is 6.02. The summed E-state index contributed by atoms with van der Waals surface area (Å²) in [6.45, 7) is 0. The molecule has 0 amide bonds. The van der Waals surface area contributed by atoms with E-state index in [1.54, 1.807) is 13.2 Å². The minimum atomic E-state index is -0.100. The quantitative estimate of drug-likeness (QED) is 0.915. The minimum Gasteiger partial charge on any atom is -0.497 e. The van der Waals surface area contributed by atoms with Crippen LogP contribution in [0, 0.1) is 0 Å². The van der Waals surface area contributed by atoms with Crippen LogP contribution in [0.2, 0.25) is 0 Å². The average molecular weight is 349 g/mol. The van der Waals surface area contributed by atoms with Gasteiger partial charge in [-0.3, -0.25) is 4.79 Å². The molecule has 0 unspecified atom stereocenters. The summed E-state index contributed by atoms with van der Waals surface area (Å²) in [5, 5.41) is 0. The molecule has 21 heavy (non-hydrogen) atoms. The van der Waals surface area contributed by atoms with E-state index in [0.29, 0.717) is 11.7 Å². The molecule has 1 saturated carbocycles. The molecule has 3 rings (SSSR count). The predicted octanol–water partition coefficient (Wildman–Crippen LogP) is 3.87. The van der Waals surface area contributed by atoms with Crippen LogP contribution in [0.1, 0.15) is 37.3 Å². The number of methoxy groups -OCH3 is 1. The molecule has 0 aliphatic heterocycles. The smallest absolute Gasteiger partial charge is 0.251 e. The third kappa shape index (κ3) is 3.02. The molecule has 5 heteroatoms. The van der Waals surface area contributed by atoms with E-state index in [1.807, 2.05) is 18.2 Å². The Morgan fingerprint density at radius 1 is 1.29 bits per heavy atom. The lowest BCUT2D eigenvalue weighted by molar-refractivity contribution is 0.415. The molecule has 1 fully saturated rings. The van der Waals surface area contributed by atoms with Crippen LogP contribution in [0.3, 0.4) is 0 Å². The fourth-order valence-electron chi connectivity index (χ4n) is 2.85. The van der Waals surface area contributed by atoms with E-state index in [0.717, 1.165) is 34.3 Å². The number of benzene rings is 1. The summed E-state index contributed by atoms with van der Waals surface area (Å²) in [6.07, 6.45) is 4.68. The monoisotopic (exact) mass is 348 g/mol. The Kier molecular flexibility index (Phi) is 4.10. The second-order valence-electron chi connectivity index (χ2n) is 5.35. The molecular formula is C16H17BrN2O2. The first-order valence-corrected chi connectivity index (χ1v) is 7.92. The zero-order chi connectivity index (χ0) is 14.8. The fraction of sp³-hybridized carbons (Fsp3) is 0.375. The third-order valence-corrected chi connectivity index (χ3v) is 4.66. The van der Waals surface area contributed by atoms with E-state index in [9.17, 15) is 4.79 Å². The highest BCUT2D eigenvalue weighted by atomic mass is 79.9. The molecule has 0 bridgehead atoms. The Morgan fingerprint density at radius 3 is 2.76 bits per heavy atom. The normalized spacial score (nSPS) is 15.3. The van der Waals surface area contributed by atoms with Gasteiger partial charge in [0.1, 0.15) is 11.6 Å². The number of nitrogens with zero attached hydrogens (tertiary/aromatic N) is 1. The van der Waals surface area contributed by atoms with Crippen molar-refractivity contribution in [3.05, 3.63) is 44.8 Å².